The number of aromatic nitrogens is 1. The first kappa shape index (κ1) is 10.9. The molecule has 1 aromatic rings. The maximum absolute atomic E-state index is 12.1. The zero-order valence-corrected chi connectivity index (χ0v) is 10.3. The average molecular weight is 250 g/mol. The Balaban J connectivity index is 1.86. The second-order valence-corrected chi connectivity index (χ2v) is 5.61. The van der Waals surface area contributed by atoms with Gasteiger partial charge in [0.05, 0.1) is 5.88 Å². The highest BCUT2D eigenvalue weighted by atomic mass is 32.2. The van der Waals surface area contributed by atoms with Gasteiger partial charge in [-0.2, -0.15) is 0 Å². The lowest BCUT2D eigenvalue weighted by Crippen LogP contribution is -2.32. The summed E-state index contributed by atoms with van der Waals surface area (Å²) in [5, 5.41) is 0. The highest BCUT2D eigenvalue weighted by Crippen LogP contribution is 2.38. The van der Waals surface area contributed by atoms with E-state index in [1.165, 1.54) is 0 Å². The summed E-state index contributed by atoms with van der Waals surface area (Å²) in [4.78, 5) is 28.5. The van der Waals surface area contributed by atoms with Gasteiger partial charge < -0.3 is 9.88 Å². The fraction of sp³-hybridized carbons (Fsp3) is 0.500. The Morgan fingerprint density at radius 1 is 1.41 bits per heavy atom. The van der Waals surface area contributed by atoms with E-state index in [1.54, 1.807) is 22.7 Å². The number of rotatable bonds is 2. The van der Waals surface area contributed by atoms with Gasteiger partial charge >= 0.3 is 0 Å². The number of H-pyrrole nitrogens is 1. The van der Waals surface area contributed by atoms with Crippen LogP contribution in [0.2, 0.25) is 0 Å². The van der Waals surface area contributed by atoms with Crippen LogP contribution < -0.4 is 5.56 Å². The Morgan fingerprint density at radius 2 is 2.24 bits per heavy atom. The van der Waals surface area contributed by atoms with E-state index in [9.17, 15) is 9.59 Å². The first-order chi connectivity index (χ1) is 8.25. The Hall–Kier alpha value is -1.23. The van der Waals surface area contributed by atoms with Crippen molar-refractivity contribution >= 4 is 17.7 Å². The van der Waals surface area contributed by atoms with Crippen molar-refractivity contribution < 1.29 is 4.79 Å². The van der Waals surface area contributed by atoms with Crippen molar-refractivity contribution in [3.05, 3.63) is 33.7 Å². The number of hydrogen-bond donors (Lipinski definition) is 1. The van der Waals surface area contributed by atoms with Gasteiger partial charge in [0.25, 0.3) is 11.5 Å². The van der Waals surface area contributed by atoms with Crippen LogP contribution in [0, 0.1) is 0 Å². The average Bonchev–Trinajstić information content (AvgIpc) is 3.03. The lowest BCUT2D eigenvalue weighted by atomic mass is 10.2. The van der Waals surface area contributed by atoms with E-state index in [1.807, 2.05) is 6.07 Å². The van der Waals surface area contributed by atoms with E-state index in [-0.39, 0.29) is 17.0 Å². The van der Waals surface area contributed by atoms with Crippen LogP contribution in [-0.4, -0.2) is 34.0 Å². The molecule has 2 fully saturated rings. The summed E-state index contributed by atoms with van der Waals surface area (Å²) in [6.45, 7) is 0.743. The topological polar surface area (TPSA) is 53.2 Å². The number of hydrogen-bond acceptors (Lipinski definition) is 3. The minimum absolute atomic E-state index is 0.140. The summed E-state index contributed by atoms with van der Waals surface area (Å²) < 4.78 is 0. The van der Waals surface area contributed by atoms with Gasteiger partial charge in [-0.25, -0.2) is 0 Å². The SMILES string of the molecule is O=C(c1ccc(C2CC2)[nH]c1=O)N1CCSC1. The summed E-state index contributed by atoms with van der Waals surface area (Å²) in [6, 6.07) is 3.56. The minimum Gasteiger partial charge on any atom is -0.328 e. The predicted octanol–water partition coefficient (Wildman–Crippen LogP) is 1.40. The second-order valence-electron chi connectivity index (χ2n) is 4.54. The Kier molecular flexibility index (Phi) is 2.70. The van der Waals surface area contributed by atoms with Crippen LogP contribution in [0.1, 0.15) is 34.8 Å². The fourth-order valence-corrected chi connectivity index (χ4v) is 2.98. The number of aromatic amines is 1. The molecule has 0 atom stereocenters. The van der Waals surface area contributed by atoms with E-state index in [4.69, 9.17) is 0 Å². The molecule has 0 bridgehead atoms. The largest absolute Gasteiger partial charge is 0.328 e. The van der Waals surface area contributed by atoms with Crippen LogP contribution in [0.3, 0.4) is 0 Å². The molecule has 0 spiro atoms. The van der Waals surface area contributed by atoms with Gasteiger partial charge in [-0.15, -0.1) is 11.8 Å². The Bertz CT molecular complexity index is 501. The van der Waals surface area contributed by atoms with Gasteiger partial charge in [-0.1, -0.05) is 0 Å². The van der Waals surface area contributed by atoms with Crippen LogP contribution in [-0.2, 0) is 0 Å². The van der Waals surface area contributed by atoms with Crippen molar-refractivity contribution in [3.63, 3.8) is 0 Å². The summed E-state index contributed by atoms with van der Waals surface area (Å²) in [6.07, 6.45) is 2.29. The smallest absolute Gasteiger partial charge is 0.261 e. The molecular weight excluding hydrogens is 236 g/mol. The van der Waals surface area contributed by atoms with Gasteiger partial charge in [0, 0.05) is 18.0 Å². The molecule has 17 heavy (non-hydrogen) atoms. The first-order valence-corrected chi connectivity index (χ1v) is 7.01. The molecule has 1 aliphatic heterocycles. The standard InChI is InChI=1S/C12H14N2O2S/c15-11-9(12(16)14-5-6-17-7-14)3-4-10(13-11)8-1-2-8/h3-4,8H,1-2,5-7H2,(H,13,15). The number of thioether (sulfide) groups is 1. The summed E-state index contributed by atoms with van der Waals surface area (Å²) >= 11 is 1.72. The number of carbonyl (C=O) groups excluding carboxylic acids is 1. The Labute approximate surface area is 103 Å². The summed E-state index contributed by atoms with van der Waals surface area (Å²) in [5.41, 5.74) is 1.01. The van der Waals surface area contributed by atoms with E-state index in [2.05, 4.69) is 4.98 Å². The molecule has 3 rings (SSSR count). The van der Waals surface area contributed by atoms with Gasteiger partial charge in [-0.3, -0.25) is 9.59 Å². The maximum atomic E-state index is 12.1. The lowest BCUT2D eigenvalue weighted by molar-refractivity contribution is 0.0801. The van der Waals surface area contributed by atoms with Crippen LogP contribution in [0.15, 0.2) is 16.9 Å². The lowest BCUT2D eigenvalue weighted by Gasteiger charge is -2.13. The first-order valence-electron chi connectivity index (χ1n) is 5.86. The van der Waals surface area contributed by atoms with Crippen LogP contribution in [0.4, 0.5) is 0 Å². The Morgan fingerprint density at radius 3 is 2.82 bits per heavy atom. The van der Waals surface area contributed by atoms with E-state index < -0.39 is 0 Å². The van der Waals surface area contributed by atoms with Crippen LogP contribution in [0.5, 0.6) is 0 Å². The van der Waals surface area contributed by atoms with Gasteiger partial charge in [0.2, 0.25) is 0 Å². The zero-order valence-electron chi connectivity index (χ0n) is 9.44. The van der Waals surface area contributed by atoms with E-state index >= 15 is 0 Å². The molecule has 1 saturated heterocycles. The molecule has 0 radical (unpaired) electrons. The number of amides is 1. The molecule has 1 N–H and O–H groups in total. The third-order valence-corrected chi connectivity index (χ3v) is 4.19. The van der Waals surface area contributed by atoms with Crippen LogP contribution >= 0.6 is 11.8 Å². The molecular formula is C12H14N2O2S. The maximum Gasteiger partial charge on any atom is 0.261 e. The number of pyridine rings is 1. The molecule has 1 saturated carbocycles. The highest BCUT2D eigenvalue weighted by Gasteiger charge is 2.26. The molecule has 0 aromatic carbocycles. The quantitative estimate of drug-likeness (QED) is 0.863. The zero-order chi connectivity index (χ0) is 11.8. The molecule has 1 aromatic heterocycles. The van der Waals surface area contributed by atoms with Crippen molar-refractivity contribution in [2.24, 2.45) is 0 Å². The molecule has 2 heterocycles. The molecule has 2 aliphatic rings. The summed E-state index contributed by atoms with van der Waals surface area (Å²) in [5.74, 6) is 2.03. The molecule has 90 valence electrons. The van der Waals surface area contributed by atoms with Gasteiger partial charge in [-0.05, 0) is 30.9 Å². The van der Waals surface area contributed by atoms with Crippen molar-refractivity contribution in [2.45, 2.75) is 18.8 Å². The van der Waals surface area contributed by atoms with Crippen molar-refractivity contribution in [2.75, 3.05) is 18.2 Å². The van der Waals surface area contributed by atoms with E-state index in [0.717, 1.165) is 30.8 Å². The van der Waals surface area contributed by atoms with E-state index in [0.29, 0.717) is 11.8 Å². The molecule has 1 aliphatic carbocycles. The number of nitrogens with zero attached hydrogens (tertiary/aromatic N) is 1. The van der Waals surface area contributed by atoms with Crippen molar-refractivity contribution in [1.82, 2.24) is 9.88 Å². The number of nitrogens with one attached hydrogen (secondary N) is 1. The van der Waals surface area contributed by atoms with Gasteiger partial charge in [0.15, 0.2) is 0 Å². The molecule has 0 unspecified atom stereocenters. The monoisotopic (exact) mass is 250 g/mol. The third kappa shape index (κ3) is 2.11. The second kappa shape index (κ2) is 4.22. The highest BCUT2D eigenvalue weighted by molar-refractivity contribution is 7.99. The van der Waals surface area contributed by atoms with Gasteiger partial charge in [0.1, 0.15) is 5.56 Å². The fourth-order valence-electron chi connectivity index (χ4n) is 2.03. The predicted molar refractivity (Wildman–Crippen MR) is 67.4 cm³/mol. The van der Waals surface area contributed by atoms with Crippen molar-refractivity contribution in [3.8, 4) is 0 Å². The molecule has 4 nitrogen and oxygen atoms in total. The van der Waals surface area contributed by atoms with Crippen LogP contribution in [0.25, 0.3) is 0 Å². The van der Waals surface area contributed by atoms with Crippen molar-refractivity contribution in [1.29, 1.82) is 0 Å². The molecule has 1 amide bonds. The minimum atomic E-state index is -0.240. The molecule has 5 heteroatoms. The normalized spacial score (nSPS) is 19.6. The number of carbonyl (C=O) groups is 1. The summed E-state index contributed by atoms with van der Waals surface area (Å²) in [7, 11) is 0. The third-order valence-electron chi connectivity index (χ3n) is 3.22.